The maximum atomic E-state index is 13.3. The zero-order valence-electron chi connectivity index (χ0n) is 23.7. The zero-order chi connectivity index (χ0) is 28.7. The number of carbonyl (C=O) groups is 2. The molecule has 220 valence electrons. The van der Waals surface area contributed by atoms with Gasteiger partial charge in [0, 0.05) is 37.4 Å². The van der Waals surface area contributed by atoms with Crippen molar-refractivity contribution in [3.05, 3.63) is 47.1 Å². The monoisotopic (exact) mass is 582 g/mol. The minimum atomic E-state index is -0.514. The molecule has 2 N–H and O–H groups in total. The van der Waals surface area contributed by atoms with E-state index < -0.39 is 11.6 Å². The van der Waals surface area contributed by atoms with E-state index in [0.29, 0.717) is 40.8 Å². The number of aliphatic hydroxyl groups is 1. The van der Waals surface area contributed by atoms with E-state index in [2.05, 4.69) is 22.0 Å². The van der Waals surface area contributed by atoms with Crippen molar-refractivity contribution < 1.29 is 24.2 Å². The minimum absolute atomic E-state index is 0.123. The van der Waals surface area contributed by atoms with Crippen molar-refractivity contribution in [2.24, 2.45) is 17.8 Å². The molecule has 2 heterocycles. The van der Waals surface area contributed by atoms with Gasteiger partial charge in [-0.05, 0) is 94.0 Å². The smallest absolute Gasteiger partial charge is 0.344 e. The molecule has 1 aromatic heterocycles. The Morgan fingerprint density at radius 2 is 1.93 bits per heavy atom. The molecule has 7 rings (SSSR count). The Labute approximate surface area is 246 Å². The number of esters is 1. The van der Waals surface area contributed by atoms with E-state index in [9.17, 15) is 14.7 Å². The number of pyridine rings is 1. The number of hydrogen-bond donors (Lipinski definition) is 2. The number of nitrogens with one attached hydrogen (secondary N) is 1. The van der Waals surface area contributed by atoms with Crippen molar-refractivity contribution in [2.75, 3.05) is 42.6 Å². The third-order valence-electron chi connectivity index (χ3n) is 9.36. The van der Waals surface area contributed by atoms with Crippen molar-refractivity contribution in [1.82, 2.24) is 10.3 Å². The molecule has 1 aromatic carbocycles. The normalized spacial score (nSPS) is 30.3. The summed E-state index contributed by atoms with van der Waals surface area (Å²) in [5.74, 6) is 2.01. The summed E-state index contributed by atoms with van der Waals surface area (Å²) in [6, 6.07) is 11.5. The summed E-state index contributed by atoms with van der Waals surface area (Å²) in [5, 5.41) is 14.6. The van der Waals surface area contributed by atoms with Crippen molar-refractivity contribution in [2.45, 2.75) is 63.6 Å². The molecular formula is C31H39ClN4O5. The summed E-state index contributed by atoms with van der Waals surface area (Å²) in [5.41, 5.74) is 0.903. The number of aromatic nitrogens is 1. The van der Waals surface area contributed by atoms with E-state index in [1.165, 1.54) is 0 Å². The summed E-state index contributed by atoms with van der Waals surface area (Å²) in [4.78, 5) is 34.2. The molecule has 0 radical (unpaired) electrons. The lowest BCUT2D eigenvalue weighted by molar-refractivity contribution is -0.145. The van der Waals surface area contributed by atoms with Gasteiger partial charge in [0.2, 0.25) is 0 Å². The van der Waals surface area contributed by atoms with E-state index in [-0.39, 0.29) is 24.6 Å². The Bertz CT molecular complexity index is 1290. The molecule has 5 fully saturated rings. The van der Waals surface area contributed by atoms with Crippen LogP contribution in [0.1, 0.15) is 56.4 Å². The molecule has 0 spiro atoms. The van der Waals surface area contributed by atoms with Crippen LogP contribution in [0.5, 0.6) is 5.75 Å². The first kappa shape index (κ1) is 28.1. The number of amides is 1. The van der Waals surface area contributed by atoms with Crippen LogP contribution in [0.25, 0.3) is 0 Å². The lowest BCUT2D eigenvalue weighted by atomic mass is 9.52. The van der Waals surface area contributed by atoms with Gasteiger partial charge in [0.1, 0.15) is 17.3 Å². The fourth-order valence-corrected chi connectivity index (χ4v) is 8.06. The molecule has 41 heavy (non-hydrogen) atoms. The molecule has 9 nitrogen and oxygen atoms in total. The fourth-order valence-electron chi connectivity index (χ4n) is 7.83. The highest BCUT2D eigenvalue weighted by atomic mass is 35.5. The first-order valence-electron chi connectivity index (χ1n) is 14.8. The van der Waals surface area contributed by atoms with Crippen LogP contribution in [0.3, 0.4) is 0 Å². The molecule has 1 aliphatic heterocycles. The van der Waals surface area contributed by atoms with Gasteiger partial charge in [-0.25, -0.2) is 9.78 Å². The molecule has 2 aromatic rings. The van der Waals surface area contributed by atoms with Gasteiger partial charge < -0.3 is 29.7 Å². The van der Waals surface area contributed by atoms with E-state index >= 15 is 0 Å². The molecule has 5 aliphatic rings. The Balaban J connectivity index is 1.07. The second-order valence-corrected chi connectivity index (χ2v) is 12.7. The molecule has 4 bridgehead atoms. The first-order valence-corrected chi connectivity index (χ1v) is 15.2. The third-order valence-corrected chi connectivity index (χ3v) is 9.65. The van der Waals surface area contributed by atoms with Crippen molar-refractivity contribution in [1.29, 1.82) is 0 Å². The maximum absolute atomic E-state index is 13.3. The number of hydrogen-bond acceptors (Lipinski definition) is 8. The molecule has 2 unspecified atom stereocenters. The molecule has 4 aliphatic carbocycles. The quantitative estimate of drug-likeness (QED) is 0.449. The second kappa shape index (κ2) is 11.3. The molecular weight excluding hydrogens is 544 g/mol. The van der Waals surface area contributed by atoms with Gasteiger partial charge in [0.05, 0.1) is 17.2 Å². The highest BCUT2D eigenvalue weighted by Gasteiger charge is 2.55. The fraction of sp³-hybridized carbons (Fsp3) is 0.581. The van der Waals surface area contributed by atoms with E-state index in [4.69, 9.17) is 26.1 Å². The Hall–Kier alpha value is -3.04. The molecule has 1 saturated heterocycles. The number of halogens is 1. The van der Waals surface area contributed by atoms with Crippen LogP contribution >= 0.6 is 11.6 Å². The number of rotatable bonds is 8. The standard InChI is InChI=1S/C31H39ClN4O5/c1-3-40-28(37)18-41-26-8-7-23(13-24(26)32)35-9-10-36(19(2)17-35)27-6-4-5-25(33-27)30(38)34-29-21-11-20-12-22(29)16-31(39,14-20)15-21/h4-8,13,19-22,29,39H,3,9-12,14-18H2,1-2H3,(H,34,38)/t19-,20?,21?,22?,29?,31?/m1/s1. The Morgan fingerprint density at radius 3 is 2.61 bits per heavy atom. The van der Waals surface area contributed by atoms with Crippen LogP contribution in [0.2, 0.25) is 5.02 Å². The van der Waals surface area contributed by atoms with Crippen LogP contribution < -0.4 is 19.9 Å². The van der Waals surface area contributed by atoms with E-state index in [1.807, 2.05) is 24.3 Å². The van der Waals surface area contributed by atoms with Gasteiger partial charge in [-0.2, -0.15) is 0 Å². The van der Waals surface area contributed by atoms with Gasteiger partial charge in [0.15, 0.2) is 6.61 Å². The molecule has 3 atom stereocenters. The van der Waals surface area contributed by atoms with Crippen LogP contribution in [0, 0.1) is 17.8 Å². The largest absolute Gasteiger partial charge is 0.480 e. The molecule has 1 amide bonds. The van der Waals surface area contributed by atoms with Crippen LogP contribution in [0.15, 0.2) is 36.4 Å². The van der Waals surface area contributed by atoms with Gasteiger partial charge in [0.25, 0.3) is 5.91 Å². The number of benzene rings is 1. The summed E-state index contributed by atoms with van der Waals surface area (Å²) in [6.45, 7) is 6.28. The predicted octanol–water partition coefficient (Wildman–Crippen LogP) is 4.06. The van der Waals surface area contributed by atoms with E-state index in [1.54, 1.807) is 19.1 Å². The summed E-state index contributed by atoms with van der Waals surface area (Å²) in [7, 11) is 0. The van der Waals surface area contributed by atoms with Crippen molar-refractivity contribution in [3.63, 3.8) is 0 Å². The molecule has 4 saturated carbocycles. The topological polar surface area (TPSA) is 104 Å². The number of piperazine rings is 1. The zero-order valence-corrected chi connectivity index (χ0v) is 24.5. The van der Waals surface area contributed by atoms with Gasteiger partial charge in [-0.15, -0.1) is 0 Å². The van der Waals surface area contributed by atoms with Crippen molar-refractivity contribution >= 4 is 35.0 Å². The second-order valence-electron chi connectivity index (χ2n) is 12.3. The number of ether oxygens (including phenoxy) is 2. The van der Waals surface area contributed by atoms with Gasteiger partial charge in [-0.1, -0.05) is 17.7 Å². The highest BCUT2D eigenvalue weighted by molar-refractivity contribution is 6.32. The summed E-state index contributed by atoms with van der Waals surface area (Å²) in [6.07, 6.45) is 4.74. The summed E-state index contributed by atoms with van der Waals surface area (Å²) < 4.78 is 10.4. The van der Waals surface area contributed by atoms with Crippen LogP contribution in [-0.2, 0) is 9.53 Å². The SMILES string of the molecule is CCOC(=O)COc1ccc(N2CCN(c3cccc(C(=O)NC4C5CC6CC4CC(O)(C6)C5)n3)[C@H](C)C2)cc1Cl. The minimum Gasteiger partial charge on any atom is -0.480 e. The van der Waals surface area contributed by atoms with E-state index in [0.717, 1.165) is 63.2 Å². The maximum Gasteiger partial charge on any atom is 0.344 e. The molecule has 10 heteroatoms. The Morgan fingerprint density at radius 1 is 1.15 bits per heavy atom. The third kappa shape index (κ3) is 5.84. The van der Waals surface area contributed by atoms with Gasteiger partial charge >= 0.3 is 5.97 Å². The van der Waals surface area contributed by atoms with Crippen LogP contribution in [-0.4, -0.2) is 72.5 Å². The number of carbonyl (C=O) groups excluding carboxylic acids is 2. The van der Waals surface area contributed by atoms with Crippen molar-refractivity contribution in [3.8, 4) is 5.75 Å². The lowest BCUT2D eigenvalue weighted by Crippen LogP contribution is -2.61. The number of anilines is 2. The van der Waals surface area contributed by atoms with Crippen LogP contribution in [0.4, 0.5) is 11.5 Å². The lowest BCUT2D eigenvalue weighted by Gasteiger charge is -2.58. The average Bonchev–Trinajstić information content (AvgIpc) is 2.93. The van der Waals surface area contributed by atoms with Gasteiger partial charge in [-0.3, -0.25) is 4.79 Å². The number of nitrogens with zero attached hydrogens (tertiary/aromatic N) is 3. The highest BCUT2D eigenvalue weighted by Crippen LogP contribution is 2.55. The predicted molar refractivity (Wildman–Crippen MR) is 157 cm³/mol. The average molecular weight is 583 g/mol. The first-order chi connectivity index (χ1) is 19.7. The summed E-state index contributed by atoms with van der Waals surface area (Å²) >= 11 is 6.46. The Kier molecular flexibility index (Phi) is 7.76.